The van der Waals surface area contributed by atoms with Gasteiger partial charge in [-0.2, -0.15) is 8.42 Å². The van der Waals surface area contributed by atoms with E-state index >= 15 is 0 Å². The van der Waals surface area contributed by atoms with Gasteiger partial charge < -0.3 is 9.29 Å². The topological polar surface area (TPSA) is 63.6 Å². The molecule has 0 bridgehead atoms. The largest absolute Gasteiger partial charge is 0.506 e. The second kappa shape index (κ2) is 6.20. The SMILES string of the molecule is C=CCc1ccc(OS(=O)(=O)c2ccccc2O)cc1Cl. The molecule has 2 rings (SSSR count). The summed E-state index contributed by atoms with van der Waals surface area (Å²) in [6, 6.07) is 10.1. The Bertz CT molecular complexity index is 769. The van der Waals surface area contributed by atoms with Gasteiger partial charge in [0.05, 0.1) is 0 Å². The van der Waals surface area contributed by atoms with Crippen LogP contribution in [0.15, 0.2) is 60.0 Å². The Balaban J connectivity index is 2.31. The molecule has 110 valence electrons. The van der Waals surface area contributed by atoms with Crippen LogP contribution >= 0.6 is 11.6 Å². The van der Waals surface area contributed by atoms with Crippen molar-refractivity contribution >= 4 is 21.7 Å². The number of allylic oxidation sites excluding steroid dienone is 1. The summed E-state index contributed by atoms with van der Waals surface area (Å²) in [6.45, 7) is 3.61. The highest BCUT2D eigenvalue weighted by atomic mass is 35.5. The number of rotatable bonds is 5. The van der Waals surface area contributed by atoms with Crippen LogP contribution < -0.4 is 4.18 Å². The van der Waals surface area contributed by atoms with Crippen molar-refractivity contribution in [2.45, 2.75) is 11.3 Å². The summed E-state index contributed by atoms with van der Waals surface area (Å²) in [5.74, 6) is -0.289. The maximum atomic E-state index is 12.1. The lowest BCUT2D eigenvalue weighted by atomic mass is 10.1. The van der Waals surface area contributed by atoms with Crippen molar-refractivity contribution < 1.29 is 17.7 Å². The summed E-state index contributed by atoms with van der Waals surface area (Å²) in [7, 11) is -4.11. The van der Waals surface area contributed by atoms with E-state index in [-0.39, 0.29) is 16.4 Å². The lowest BCUT2D eigenvalue weighted by Crippen LogP contribution is -2.10. The van der Waals surface area contributed by atoms with Gasteiger partial charge in [0.25, 0.3) is 0 Å². The monoisotopic (exact) mass is 324 g/mol. The minimum absolute atomic E-state index is 0.0797. The van der Waals surface area contributed by atoms with Gasteiger partial charge in [-0.15, -0.1) is 6.58 Å². The van der Waals surface area contributed by atoms with Crippen LogP contribution in [0.1, 0.15) is 5.56 Å². The maximum Gasteiger partial charge on any atom is 0.342 e. The van der Waals surface area contributed by atoms with Crippen LogP contribution in [-0.4, -0.2) is 13.5 Å². The molecule has 2 aromatic rings. The van der Waals surface area contributed by atoms with Gasteiger partial charge in [-0.3, -0.25) is 0 Å². The van der Waals surface area contributed by atoms with Crippen LogP contribution in [0.2, 0.25) is 5.02 Å². The smallest absolute Gasteiger partial charge is 0.342 e. The summed E-state index contributed by atoms with van der Waals surface area (Å²) in [5, 5.41) is 9.99. The second-order valence-corrected chi connectivity index (χ2v) is 6.17. The van der Waals surface area contributed by atoms with Crippen molar-refractivity contribution in [3.05, 3.63) is 65.7 Å². The minimum atomic E-state index is -4.11. The first kappa shape index (κ1) is 15.4. The van der Waals surface area contributed by atoms with Gasteiger partial charge in [-0.1, -0.05) is 35.9 Å². The third-order valence-corrected chi connectivity index (χ3v) is 4.38. The highest BCUT2D eigenvalue weighted by Crippen LogP contribution is 2.28. The molecule has 0 unspecified atom stereocenters. The molecule has 0 amide bonds. The first-order valence-corrected chi connectivity index (χ1v) is 7.84. The van der Waals surface area contributed by atoms with E-state index in [1.165, 1.54) is 36.4 Å². The quantitative estimate of drug-likeness (QED) is 0.675. The normalized spacial score (nSPS) is 11.1. The van der Waals surface area contributed by atoms with Crippen molar-refractivity contribution in [1.29, 1.82) is 0 Å². The molecule has 0 heterocycles. The number of hydrogen-bond donors (Lipinski definition) is 1. The molecule has 21 heavy (non-hydrogen) atoms. The standard InChI is InChI=1S/C15H13ClO4S/c1-2-5-11-8-9-12(10-13(11)16)20-21(18,19)15-7-4-3-6-14(15)17/h2-4,6-10,17H,1,5H2. The molecule has 6 heteroatoms. The number of benzene rings is 2. The third-order valence-electron chi connectivity index (χ3n) is 2.73. The first-order valence-electron chi connectivity index (χ1n) is 6.06. The lowest BCUT2D eigenvalue weighted by molar-refractivity contribution is 0.445. The van der Waals surface area contributed by atoms with Gasteiger partial charge in [-0.05, 0) is 30.2 Å². The summed E-state index contributed by atoms with van der Waals surface area (Å²) < 4.78 is 29.2. The molecule has 0 radical (unpaired) electrons. The number of hydrogen-bond acceptors (Lipinski definition) is 4. The number of phenols is 1. The van der Waals surface area contributed by atoms with E-state index in [9.17, 15) is 13.5 Å². The molecule has 4 nitrogen and oxygen atoms in total. The molecule has 0 saturated carbocycles. The minimum Gasteiger partial charge on any atom is -0.506 e. The van der Waals surface area contributed by atoms with E-state index in [0.717, 1.165) is 5.56 Å². The Hall–Kier alpha value is -1.98. The second-order valence-electron chi connectivity index (χ2n) is 4.25. The number of para-hydroxylation sites is 1. The van der Waals surface area contributed by atoms with Crippen LogP contribution in [-0.2, 0) is 16.5 Å². The lowest BCUT2D eigenvalue weighted by Gasteiger charge is -2.09. The molecule has 0 spiro atoms. The molecule has 2 aromatic carbocycles. The van der Waals surface area contributed by atoms with Crippen molar-refractivity contribution in [1.82, 2.24) is 0 Å². The van der Waals surface area contributed by atoms with Crippen LogP contribution in [0, 0.1) is 0 Å². The van der Waals surface area contributed by atoms with Gasteiger partial charge >= 0.3 is 10.1 Å². The fourth-order valence-electron chi connectivity index (χ4n) is 1.74. The highest BCUT2D eigenvalue weighted by Gasteiger charge is 2.20. The maximum absolute atomic E-state index is 12.1. The summed E-state index contributed by atoms with van der Waals surface area (Å²) >= 11 is 6.04. The summed E-state index contributed by atoms with van der Waals surface area (Å²) in [6.07, 6.45) is 2.27. The molecule has 0 aliphatic rings. The average molecular weight is 325 g/mol. The van der Waals surface area contributed by atoms with Crippen molar-refractivity contribution in [3.8, 4) is 11.5 Å². The van der Waals surface area contributed by atoms with E-state index in [1.807, 2.05) is 0 Å². The Morgan fingerprint density at radius 3 is 2.57 bits per heavy atom. The first-order chi connectivity index (χ1) is 9.94. The van der Waals surface area contributed by atoms with Crippen molar-refractivity contribution in [2.24, 2.45) is 0 Å². The molecule has 0 aromatic heterocycles. The van der Waals surface area contributed by atoms with Crippen molar-refractivity contribution in [2.75, 3.05) is 0 Å². The van der Waals surface area contributed by atoms with E-state index in [0.29, 0.717) is 11.4 Å². The third kappa shape index (κ3) is 3.56. The van der Waals surface area contributed by atoms with E-state index in [2.05, 4.69) is 6.58 Å². The van der Waals surface area contributed by atoms with Gasteiger partial charge in [-0.25, -0.2) is 0 Å². The zero-order valence-electron chi connectivity index (χ0n) is 11.0. The Kier molecular flexibility index (Phi) is 4.55. The molecule has 1 N–H and O–H groups in total. The molecule has 0 saturated heterocycles. The van der Waals surface area contributed by atoms with Gasteiger partial charge in [0, 0.05) is 11.1 Å². The zero-order valence-corrected chi connectivity index (χ0v) is 12.6. The van der Waals surface area contributed by atoms with Crippen LogP contribution in [0.4, 0.5) is 0 Å². The van der Waals surface area contributed by atoms with Crippen LogP contribution in [0.3, 0.4) is 0 Å². The predicted molar refractivity (Wildman–Crippen MR) is 81.3 cm³/mol. The molecule has 0 atom stereocenters. The number of phenolic OH excluding ortho intramolecular Hbond substituents is 1. The zero-order chi connectivity index (χ0) is 15.5. The number of halogens is 1. The molecular weight excluding hydrogens is 312 g/mol. The van der Waals surface area contributed by atoms with E-state index < -0.39 is 10.1 Å². The van der Waals surface area contributed by atoms with E-state index in [1.54, 1.807) is 12.1 Å². The van der Waals surface area contributed by atoms with E-state index in [4.69, 9.17) is 15.8 Å². The Morgan fingerprint density at radius 1 is 1.24 bits per heavy atom. The number of aromatic hydroxyl groups is 1. The molecule has 0 aliphatic carbocycles. The molecular formula is C15H13ClO4S. The Morgan fingerprint density at radius 2 is 1.95 bits per heavy atom. The fourth-order valence-corrected chi connectivity index (χ4v) is 3.00. The fraction of sp³-hybridized carbons (Fsp3) is 0.0667. The highest BCUT2D eigenvalue weighted by molar-refractivity contribution is 7.87. The molecule has 0 aliphatic heterocycles. The van der Waals surface area contributed by atoms with Crippen LogP contribution in [0.25, 0.3) is 0 Å². The average Bonchev–Trinajstić information content (AvgIpc) is 2.42. The summed E-state index contributed by atoms with van der Waals surface area (Å²) in [4.78, 5) is -0.295. The van der Waals surface area contributed by atoms with Gasteiger partial charge in [0.15, 0.2) is 0 Å². The molecule has 0 fully saturated rings. The predicted octanol–water partition coefficient (Wildman–Crippen LogP) is 3.54. The summed E-state index contributed by atoms with van der Waals surface area (Å²) in [5.41, 5.74) is 0.818. The van der Waals surface area contributed by atoms with Gasteiger partial charge in [0.1, 0.15) is 16.4 Å². The van der Waals surface area contributed by atoms with Gasteiger partial charge in [0.2, 0.25) is 0 Å². The van der Waals surface area contributed by atoms with Crippen molar-refractivity contribution in [3.63, 3.8) is 0 Å². The van der Waals surface area contributed by atoms with Crippen LogP contribution in [0.5, 0.6) is 11.5 Å². The Labute approximate surface area is 128 Å².